The highest BCUT2D eigenvalue weighted by Crippen LogP contribution is 2.05. The number of benzene rings is 2. The van der Waals surface area contributed by atoms with Crippen LogP contribution < -0.4 is 0 Å². The van der Waals surface area contributed by atoms with E-state index in [-0.39, 0.29) is 5.91 Å². The van der Waals surface area contributed by atoms with Crippen LogP contribution in [-0.4, -0.2) is 23.9 Å². The van der Waals surface area contributed by atoms with Crippen molar-refractivity contribution < 1.29 is 4.79 Å². The SMILES string of the molecule is CCCN(C/C=C/c1ccccc1)C(=O)/C=C/c1ccccc1. The first kappa shape index (κ1) is 16.8. The second kappa shape index (κ2) is 9.42. The molecule has 0 aliphatic heterocycles. The molecule has 0 bridgehead atoms. The highest BCUT2D eigenvalue weighted by Gasteiger charge is 2.07. The summed E-state index contributed by atoms with van der Waals surface area (Å²) in [5.74, 6) is 0.0495. The Kier molecular flexibility index (Phi) is 6.86. The van der Waals surface area contributed by atoms with Gasteiger partial charge in [-0.15, -0.1) is 0 Å². The molecule has 118 valence electrons. The lowest BCUT2D eigenvalue weighted by molar-refractivity contribution is -0.125. The van der Waals surface area contributed by atoms with Gasteiger partial charge in [-0.3, -0.25) is 4.79 Å². The summed E-state index contributed by atoms with van der Waals surface area (Å²) in [6, 6.07) is 20.0. The van der Waals surface area contributed by atoms with Crippen molar-refractivity contribution in [2.24, 2.45) is 0 Å². The van der Waals surface area contributed by atoms with Crippen molar-refractivity contribution in [3.05, 3.63) is 83.9 Å². The van der Waals surface area contributed by atoms with Crippen LogP contribution in [0.25, 0.3) is 12.2 Å². The summed E-state index contributed by atoms with van der Waals surface area (Å²) in [5.41, 5.74) is 2.19. The van der Waals surface area contributed by atoms with Crippen LogP contribution in [0.5, 0.6) is 0 Å². The summed E-state index contributed by atoms with van der Waals surface area (Å²) in [7, 11) is 0. The van der Waals surface area contributed by atoms with Crippen LogP contribution >= 0.6 is 0 Å². The lowest BCUT2D eigenvalue weighted by Crippen LogP contribution is -2.30. The summed E-state index contributed by atoms with van der Waals surface area (Å²) >= 11 is 0. The zero-order chi connectivity index (χ0) is 16.3. The minimum atomic E-state index is 0.0495. The Morgan fingerprint density at radius 2 is 1.48 bits per heavy atom. The molecule has 0 aromatic heterocycles. The maximum Gasteiger partial charge on any atom is 0.246 e. The molecule has 0 unspecified atom stereocenters. The lowest BCUT2D eigenvalue weighted by atomic mass is 10.2. The van der Waals surface area contributed by atoms with E-state index in [1.807, 2.05) is 65.6 Å². The van der Waals surface area contributed by atoms with E-state index in [1.165, 1.54) is 0 Å². The second-order valence-corrected chi connectivity index (χ2v) is 5.34. The van der Waals surface area contributed by atoms with Gasteiger partial charge in [-0.05, 0) is 23.6 Å². The standard InChI is InChI=1S/C21H23NO/c1-2-17-22(18-9-14-19-10-5-3-6-11-19)21(23)16-15-20-12-7-4-8-13-20/h3-16H,2,17-18H2,1H3/b14-9+,16-15+. The van der Waals surface area contributed by atoms with Gasteiger partial charge in [0.25, 0.3) is 0 Å². The fourth-order valence-corrected chi connectivity index (χ4v) is 2.28. The Hall–Kier alpha value is -2.61. The van der Waals surface area contributed by atoms with Gasteiger partial charge in [0.15, 0.2) is 0 Å². The molecule has 0 N–H and O–H groups in total. The largest absolute Gasteiger partial charge is 0.335 e. The van der Waals surface area contributed by atoms with Gasteiger partial charge in [-0.1, -0.05) is 79.7 Å². The molecule has 0 aliphatic carbocycles. The third kappa shape index (κ3) is 5.95. The normalized spacial score (nSPS) is 11.2. The Morgan fingerprint density at radius 3 is 2.04 bits per heavy atom. The molecular formula is C21H23NO. The van der Waals surface area contributed by atoms with Gasteiger partial charge in [-0.2, -0.15) is 0 Å². The van der Waals surface area contributed by atoms with Gasteiger partial charge in [0.2, 0.25) is 5.91 Å². The fraction of sp³-hybridized carbons (Fsp3) is 0.190. The highest BCUT2D eigenvalue weighted by atomic mass is 16.2. The number of carbonyl (C=O) groups is 1. The Labute approximate surface area is 138 Å². The highest BCUT2D eigenvalue weighted by molar-refractivity contribution is 5.91. The quantitative estimate of drug-likeness (QED) is 0.682. The van der Waals surface area contributed by atoms with Gasteiger partial charge < -0.3 is 4.90 Å². The molecule has 0 saturated carbocycles. The molecule has 23 heavy (non-hydrogen) atoms. The number of rotatable bonds is 7. The summed E-state index contributed by atoms with van der Waals surface area (Å²) in [5, 5.41) is 0. The van der Waals surface area contributed by atoms with Crippen molar-refractivity contribution in [2.75, 3.05) is 13.1 Å². The van der Waals surface area contributed by atoms with E-state index in [4.69, 9.17) is 0 Å². The van der Waals surface area contributed by atoms with Gasteiger partial charge in [0, 0.05) is 19.2 Å². The number of hydrogen-bond donors (Lipinski definition) is 0. The van der Waals surface area contributed by atoms with Crippen molar-refractivity contribution in [2.45, 2.75) is 13.3 Å². The van der Waals surface area contributed by atoms with E-state index in [0.717, 1.165) is 24.1 Å². The van der Waals surface area contributed by atoms with Crippen LogP contribution in [0.15, 0.2) is 72.8 Å². The predicted octanol–water partition coefficient (Wildman–Crippen LogP) is 4.65. The maximum absolute atomic E-state index is 12.4. The van der Waals surface area contributed by atoms with Crippen LogP contribution in [-0.2, 0) is 4.79 Å². The maximum atomic E-state index is 12.4. The number of nitrogens with zero attached hydrogens (tertiary/aromatic N) is 1. The first-order valence-electron chi connectivity index (χ1n) is 8.03. The van der Waals surface area contributed by atoms with Crippen molar-refractivity contribution in [3.63, 3.8) is 0 Å². The Morgan fingerprint density at radius 1 is 0.913 bits per heavy atom. The fourth-order valence-electron chi connectivity index (χ4n) is 2.28. The molecule has 0 radical (unpaired) electrons. The summed E-state index contributed by atoms with van der Waals surface area (Å²) < 4.78 is 0. The average Bonchev–Trinajstić information content (AvgIpc) is 2.61. The zero-order valence-corrected chi connectivity index (χ0v) is 13.6. The van der Waals surface area contributed by atoms with Crippen molar-refractivity contribution in [1.82, 2.24) is 4.90 Å². The van der Waals surface area contributed by atoms with Crippen LogP contribution in [0.1, 0.15) is 24.5 Å². The molecule has 0 heterocycles. The number of amides is 1. The van der Waals surface area contributed by atoms with Crippen LogP contribution in [0.4, 0.5) is 0 Å². The molecule has 2 rings (SSSR count). The third-order valence-electron chi connectivity index (χ3n) is 3.46. The van der Waals surface area contributed by atoms with Crippen molar-refractivity contribution >= 4 is 18.1 Å². The van der Waals surface area contributed by atoms with Gasteiger partial charge in [-0.25, -0.2) is 0 Å². The summed E-state index contributed by atoms with van der Waals surface area (Å²) in [6.07, 6.45) is 8.56. The minimum absolute atomic E-state index is 0.0495. The molecule has 0 saturated heterocycles. The molecule has 0 aliphatic rings. The van der Waals surface area contributed by atoms with Crippen LogP contribution in [0.3, 0.4) is 0 Å². The monoisotopic (exact) mass is 305 g/mol. The Bertz CT molecular complexity index is 644. The first-order chi connectivity index (χ1) is 11.3. The second-order valence-electron chi connectivity index (χ2n) is 5.34. The first-order valence-corrected chi connectivity index (χ1v) is 8.03. The molecule has 0 atom stereocenters. The summed E-state index contributed by atoms with van der Waals surface area (Å²) in [4.78, 5) is 14.2. The molecule has 0 fully saturated rings. The average molecular weight is 305 g/mol. The molecule has 1 amide bonds. The lowest BCUT2D eigenvalue weighted by Gasteiger charge is -2.18. The number of hydrogen-bond acceptors (Lipinski definition) is 1. The Balaban J connectivity index is 1.95. The topological polar surface area (TPSA) is 20.3 Å². The molecule has 2 aromatic rings. The van der Waals surface area contributed by atoms with E-state index in [2.05, 4.69) is 25.1 Å². The minimum Gasteiger partial charge on any atom is -0.335 e. The van der Waals surface area contributed by atoms with Gasteiger partial charge in [0.1, 0.15) is 0 Å². The van der Waals surface area contributed by atoms with Crippen LogP contribution in [0.2, 0.25) is 0 Å². The van der Waals surface area contributed by atoms with Crippen molar-refractivity contribution in [1.29, 1.82) is 0 Å². The van der Waals surface area contributed by atoms with E-state index < -0.39 is 0 Å². The third-order valence-corrected chi connectivity index (χ3v) is 3.46. The van der Waals surface area contributed by atoms with E-state index in [9.17, 15) is 4.79 Å². The van der Waals surface area contributed by atoms with Crippen LogP contribution in [0, 0.1) is 0 Å². The van der Waals surface area contributed by atoms with Crippen molar-refractivity contribution in [3.8, 4) is 0 Å². The number of carbonyl (C=O) groups excluding carboxylic acids is 1. The summed E-state index contributed by atoms with van der Waals surface area (Å²) in [6.45, 7) is 3.47. The molecule has 0 spiro atoms. The van der Waals surface area contributed by atoms with Gasteiger partial charge >= 0.3 is 0 Å². The van der Waals surface area contributed by atoms with E-state index in [1.54, 1.807) is 6.08 Å². The smallest absolute Gasteiger partial charge is 0.246 e. The van der Waals surface area contributed by atoms with E-state index >= 15 is 0 Å². The van der Waals surface area contributed by atoms with Gasteiger partial charge in [0.05, 0.1) is 0 Å². The molecule has 2 aromatic carbocycles. The molecule has 2 nitrogen and oxygen atoms in total. The zero-order valence-electron chi connectivity index (χ0n) is 13.6. The molecule has 2 heteroatoms. The predicted molar refractivity (Wildman–Crippen MR) is 97.8 cm³/mol. The molecular weight excluding hydrogens is 282 g/mol. The van der Waals surface area contributed by atoms with E-state index in [0.29, 0.717) is 6.54 Å².